The summed E-state index contributed by atoms with van der Waals surface area (Å²) in [5, 5.41) is 21.3. The van der Waals surface area contributed by atoms with Crippen molar-refractivity contribution in [2.75, 3.05) is 0 Å². The zero-order valence-corrected chi connectivity index (χ0v) is 14.6. The fourth-order valence-electron chi connectivity index (χ4n) is 4.51. The minimum absolute atomic E-state index is 0.0589. The highest BCUT2D eigenvalue weighted by atomic mass is 16.3. The van der Waals surface area contributed by atoms with Crippen LogP contribution in [0.15, 0.2) is 97.1 Å². The normalized spacial score (nSPS) is 13.8. The van der Waals surface area contributed by atoms with Crippen molar-refractivity contribution in [3.63, 3.8) is 0 Å². The van der Waals surface area contributed by atoms with Gasteiger partial charge in [0.05, 0.1) is 5.41 Å². The third-order valence-corrected chi connectivity index (χ3v) is 5.57. The summed E-state index contributed by atoms with van der Waals surface area (Å²) in [5.74, 6) is -0.158. The van der Waals surface area contributed by atoms with Crippen LogP contribution in [-0.2, 0) is 5.41 Å². The van der Waals surface area contributed by atoms with Crippen LogP contribution in [0.4, 0.5) is 0 Å². The van der Waals surface area contributed by atoms with Crippen LogP contribution in [-0.4, -0.2) is 10.2 Å². The van der Waals surface area contributed by atoms with E-state index in [1.54, 1.807) is 6.07 Å². The molecule has 0 saturated heterocycles. The van der Waals surface area contributed by atoms with Crippen molar-refractivity contribution in [3.8, 4) is 22.6 Å². The van der Waals surface area contributed by atoms with Gasteiger partial charge in [0.1, 0.15) is 0 Å². The zero-order valence-electron chi connectivity index (χ0n) is 14.6. The van der Waals surface area contributed by atoms with Gasteiger partial charge in [-0.1, -0.05) is 91.0 Å². The molecule has 0 amide bonds. The van der Waals surface area contributed by atoms with Crippen LogP contribution >= 0.6 is 0 Å². The Morgan fingerprint density at radius 3 is 1.70 bits per heavy atom. The third kappa shape index (κ3) is 2.01. The standard InChI is InChI=1S/C25H18O2/c26-22-16-15-20-19-13-7-8-14-21(19)25(23(20)24(22)27,17-9-3-1-4-10-17)18-11-5-2-6-12-18/h1-16,26-27H. The molecule has 2 heteroatoms. The smallest absolute Gasteiger partial charge is 0.162 e. The van der Waals surface area contributed by atoms with Crippen molar-refractivity contribution in [2.45, 2.75) is 5.41 Å². The van der Waals surface area contributed by atoms with Gasteiger partial charge >= 0.3 is 0 Å². The van der Waals surface area contributed by atoms with E-state index in [9.17, 15) is 10.2 Å². The summed E-state index contributed by atoms with van der Waals surface area (Å²) in [5.41, 5.74) is 5.31. The van der Waals surface area contributed by atoms with Gasteiger partial charge in [-0.3, -0.25) is 0 Å². The van der Waals surface area contributed by atoms with Crippen LogP contribution in [0.25, 0.3) is 11.1 Å². The van der Waals surface area contributed by atoms with Crippen LogP contribution in [0.5, 0.6) is 11.5 Å². The summed E-state index contributed by atoms with van der Waals surface area (Å²) in [7, 11) is 0. The van der Waals surface area contributed by atoms with Crippen LogP contribution in [0, 0.1) is 0 Å². The second-order valence-electron chi connectivity index (χ2n) is 6.88. The molecule has 130 valence electrons. The predicted molar refractivity (Wildman–Crippen MR) is 107 cm³/mol. The Labute approximate surface area is 158 Å². The number of phenolic OH excluding ortho intramolecular Hbond substituents is 2. The summed E-state index contributed by atoms with van der Waals surface area (Å²) in [4.78, 5) is 0. The van der Waals surface area contributed by atoms with Crippen LogP contribution < -0.4 is 0 Å². The van der Waals surface area contributed by atoms with Crippen molar-refractivity contribution in [2.24, 2.45) is 0 Å². The van der Waals surface area contributed by atoms with Crippen molar-refractivity contribution < 1.29 is 10.2 Å². The number of fused-ring (bicyclic) bond motifs is 3. The third-order valence-electron chi connectivity index (χ3n) is 5.57. The lowest BCUT2D eigenvalue weighted by Gasteiger charge is -2.34. The van der Waals surface area contributed by atoms with Gasteiger partial charge in [0.25, 0.3) is 0 Å². The van der Waals surface area contributed by atoms with Gasteiger partial charge in [0, 0.05) is 5.56 Å². The number of hydrogen-bond acceptors (Lipinski definition) is 2. The van der Waals surface area contributed by atoms with Crippen molar-refractivity contribution in [3.05, 3.63) is 119 Å². The molecular formula is C25H18O2. The summed E-state index contributed by atoms with van der Waals surface area (Å²) >= 11 is 0. The number of hydrogen-bond donors (Lipinski definition) is 2. The Morgan fingerprint density at radius 1 is 0.519 bits per heavy atom. The molecular weight excluding hydrogens is 332 g/mol. The molecule has 4 aromatic rings. The fraction of sp³-hybridized carbons (Fsp3) is 0.0400. The molecule has 2 nitrogen and oxygen atoms in total. The summed E-state index contributed by atoms with van der Waals surface area (Å²) in [6.07, 6.45) is 0. The molecule has 0 saturated carbocycles. The first-order valence-corrected chi connectivity index (χ1v) is 9.01. The predicted octanol–water partition coefficient (Wildman–Crippen LogP) is 5.46. The second-order valence-corrected chi connectivity index (χ2v) is 6.88. The zero-order chi connectivity index (χ0) is 18.4. The van der Waals surface area contributed by atoms with Crippen LogP contribution in [0.1, 0.15) is 22.3 Å². The van der Waals surface area contributed by atoms with Gasteiger partial charge in [-0.15, -0.1) is 0 Å². The molecule has 0 bridgehead atoms. The molecule has 4 aromatic carbocycles. The lowest BCUT2D eigenvalue weighted by atomic mass is 9.67. The highest BCUT2D eigenvalue weighted by molar-refractivity contribution is 5.89. The average Bonchev–Trinajstić information content (AvgIpc) is 3.04. The van der Waals surface area contributed by atoms with E-state index in [0.717, 1.165) is 33.4 Å². The maximum atomic E-state index is 11.0. The van der Waals surface area contributed by atoms with Gasteiger partial charge in [-0.05, 0) is 33.9 Å². The molecule has 2 N–H and O–H groups in total. The summed E-state index contributed by atoms with van der Waals surface area (Å²) in [6, 6.07) is 32.1. The minimum atomic E-state index is -0.683. The SMILES string of the molecule is Oc1ccc2c(c1O)C(c1ccccc1)(c1ccccc1)c1ccccc1-2. The molecule has 0 unspecified atom stereocenters. The van der Waals surface area contributed by atoms with E-state index in [2.05, 4.69) is 36.4 Å². The average molecular weight is 350 g/mol. The Balaban J connectivity index is 2.02. The van der Waals surface area contributed by atoms with E-state index < -0.39 is 5.41 Å². The summed E-state index contributed by atoms with van der Waals surface area (Å²) in [6.45, 7) is 0. The van der Waals surface area contributed by atoms with Crippen LogP contribution in [0.2, 0.25) is 0 Å². The van der Waals surface area contributed by atoms with Crippen molar-refractivity contribution >= 4 is 0 Å². The minimum Gasteiger partial charge on any atom is -0.504 e. The first-order valence-electron chi connectivity index (χ1n) is 9.01. The van der Waals surface area contributed by atoms with Crippen LogP contribution in [0.3, 0.4) is 0 Å². The van der Waals surface area contributed by atoms with Gasteiger partial charge in [-0.25, -0.2) is 0 Å². The number of benzene rings is 4. The van der Waals surface area contributed by atoms with E-state index in [0.29, 0.717) is 0 Å². The molecule has 0 aromatic heterocycles. The Kier molecular flexibility index (Phi) is 3.34. The van der Waals surface area contributed by atoms with Crippen molar-refractivity contribution in [1.82, 2.24) is 0 Å². The quantitative estimate of drug-likeness (QED) is 0.415. The first kappa shape index (κ1) is 15.7. The van der Waals surface area contributed by atoms with E-state index >= 15 is 0 Å². The molecule has 0 fully saturated rings. The lowest BCUT2D eigenvalue weighted by molar-refractivity contribution is 0.396. The maximum Gasteiger partial charge on any atom is 0.162 e. The van der Waals surface area contributed by atoms with Crippen molar-refractivity contribution in [1.29, 1.82) is 0 Å². The largest absolute Gasteiger partial charge is 0.504 e. The van der Waals surface area contributed by atoms with E-state index in [1.165, 1.54) is 0 Å². The molecule has 27 heavy (non-hydrogen) atoms. The molecule has 1 aliphatic rings. The van der Waals surface area contributed by atoms with Gasteiger partial charge in [-0.2, -0.15) is 0 Å². The van der Waals surface area contributed by atoms with E-state index in [1.807, 2.05) is 54.6 Å². The molecule has 0 heterocycles. The number of phenols is 2. The molecule has 1 aliphatic carbocycles. The monoisotopic (exact) mass is 350 g/mol. The topological polar surface area (TPSA) is 40.5 Å². The van der Waals surface area contributed by atoms with Gasteiger partial charge in [0.2, 0.25) is 0 Å². The fourth-order valence-corrected chi connectivity index (χ4v) is 4.51. The highest BCUT2D eigenvalue weighted by Gasteiger charge is 2.48. The molecule has 0 radical (unpaired) electrons. The molecule has 0 spiro atoms. The second kappa shape index (κ2) is 5.75. The number of aromatic hydroxyl groups is 2. The molecule has 5 rings (SSSR count). The Hall–Kier alpha value is -3.52. The maximum absolute atomic E-state index is 11.0. The van der Waals surface area contributed by atoms with E-state index in [4.69, 9.17) is 0 Å². The van der Waals surface area contributed by atoms with Gasteiger partial charge in [0.15, 0.2) is 11.5 Å². The van der Waals surface area contributed by atoms with Gasteiger partial charge < -0.3 is 10.2 Å². The first-order chi connectivity index (χ1) is 13.2. The molecule has 0 atom stereocenters. The summed E-state index contributed by atoms with van der Waals surface area (Å²) < 4.78 is 0. The lowest BCUT2D eigenvalue weighted by Crippen LogP contribution is -2.28. The van der Waals surface area contributed by atoms with E-state index in [-0.39, 0.29) is 11.5 Å². The Bertz CT molecular complexity index is 1090. The Morgan fingerprint density at radius 2 is 1.07 bits per heavy atom. The highest BCUT2D eigenvalue weighted by Crippen LogP contribution is 2.59. The molecule has 0 aliphatic heterocycles. The number of rotatable bonds is 2.